The van der Waals surface area contributed by atoms with E-state index in [-0.39, 0.29) is 17.2 Å². The quantitative estimate of drug-likeness (QED) is 0.540. The van der Waals surface area contributed by atoms with Crippen LogP contribution in [0.5, 0.6) is 0 Å². The van der Waals surface area contributed by atoms with E-state index in [1.54, 1.807) is 6.26 Å². The topological polar surface area (TPSA) is 45.5 Å². The molecule has 1 atom stereocenters. The van der Waals surface area contributed by atoms with Gasteiger partial charge >= 0.3 is 0 Å². The second-order valence-corrected chi connectivity index (χ2v) is 9.51. The first-order valence-electron chi connectivity index (χ1n) is 10.9. The average Bonchev–Trinajstić information content (AvgIpc) is 3.19. The summed E-state index contributed by atoms with van der Waals surface area (Å²) in [7, 11) is 0. The van der Waals surface area contributed by atoms with Crippen molar-refractivity contribution in [2.45, 2.75) is 46.2 Å². The van der Waals surface area contributed by atoms with E-state index in [4.69, 9.17) is 4.42 Å². The van der Waals surface area contributed by atoms with E-state index in [0.717, 1.165) is 34.8 Å². The van der Waals surface area contributed by atoms with Crippen molar-refractivity contribution in [1.82, 2.24) is 0 Å². The summed E-state index contributed by atoms with van der Waals surface area (Å²) in [6, 6.07) is 20.5. The normalized spacial score (nSPS) is 20.0. The molecule has 0 unspecified atom stereocenters. The summed E-state index contributed by atoms with van der Waals surface area (Å²) in [6.45, 7) is 7.12. The van der Waals surface area contributed by atoms with E-state index in [1.165, 1.54) is 11.1 Å². The number of para-hydroxylation sites is 2. The Labute approximate surface area is 183 Å². The number of furan rings is 1. The first-order valence-corrected chi connectivity index (χ1v) is 10.9. The molecule has 1 N–H and O–H groups in total. The van der Waals surface area contributed by atoms with E-state index in [2.05, 4.69) is 73.5 Å². The van der Waals surface area contributed by atoms with Gasteiger partial charge in [-0.15, -0.1) is 0 Å². The lowest BCUT2D eigenvalue weighted by Gasteiger charge is -2.37. The van der Waals surface area contributed by atoms with E-state index >= 15 is 0 Å². The molecule has 4 nitrogen and oxygen atoms in total. The van der Waals surface area contributed by atoms with Crippen LogP contribution >= 0.6 is 0 Å². The zero-order valence-electron chi connectivity index (χ0n) is 18.3. The summed E-state index contributed by atoms with van der Waals surface area (Å²) in [4.78, 5) is 15.9. The van der Waals surface area contributed by atoms with E-state index < -0.39 is 0 Å². The molecule has 4 heteroatoms. The van der Waals surface area contributed by atoms with Gasteiger partial charge in [0.25, 0.3) is 0 Å². The van der Waals surface area contributed by atoms with Crippen molar-refractivity contribution in [3.63, 3.8) is 0 Å². The Bertz CT molecular complexity index is 1160. The standard InChI is InChI=1S/C27H28N2O2/c1-18-8-6-9-19(14-18)17-29-22-11-5-4-10-20(22)28-21-15-27(2,3)16-23(30)25(21)26(29)24-12-7-13-31-24/h4-14,26,28H,15-17H2,1-3H3/t26-/m1/s1. The maximum Gasteiger partial charge on any atom is 0.163 e. The van der Waals surface area contributed by atoms with Crippen LogP contribution in [0.2, 0.25) is 0 Å². The zero-order valence-corrected chi connectivity index (χ0v) is 18.3. The van der Waals surface area contributed by atoms with Gasteiger partial charge in [-0.1, -0.05) is 55.8 Å². The molecule has 0 bridgehead atoms. The van der Waals surface area contributed by atoms with Gasteiger partial charge in [0.15, 0.2) is 5.78 Å². The van der Waals surface area contributed by atoms with Crippen molar-refractivity contribution >= 4 is 17.2 Å². The molecule has 0 spiro atoms. The zero-order chi connectivity index (χ0) is 21.6. The number of allylic oxidation sites excluding steroid dienone is 1. The molecule has 3 aromatic rings. The van der Waals surface area contributed by atoms with E-state index in [0.29, 0.717) is 13.0 Å². The van der Waals surface area contributed by atoms with Gasteiger partial charge in [-0.2, -0.15) is 0 Å². The predicted molar refractivity (Wildman–Crippen MR) is 124 cm³/mol. The van der Waals surface area contributed by atoms with Gasteiger partial charge in [0.2, 0.25) is 0 Å². The van der Waals surface area contributed by atoms with Crippen LogP contribution in [0.4, 0.5) is 11.4 Å². The minimum absolute atomic E-state index is 0.0721. The Morgan fingerprint density at radius 3 is 2.68 bits per heavy atom. The summed E-state index contributed by atoms with van der Waals surface area (Å²) in [5.41, 5.74) is 6.31. The molecule has 2 heterocycles. The van der Waals surface area contributed by atoms with Crippen molar-refractivity contribution < 1.29 is 9.21 Å². The Morgan fingerprint density at radius 2 is 1.90 bits per heavy atom. The summed E-state index contributed by atoms with van der Waals surface area (Å²) >= 11 is 0. The van der Waals surface area contributed by atoms with Gasteiger partial charge in [0.1, 0.15) is 11.8 Å². The highest BCUT2D eigenvalue weighted by molar-refractivity contribution is 6.01. The van der Waals surface area contributed by atoms with Gasteiger partial charge in [0.05, 0.1) is 17.6 Å². The number of carbonyl (C=O) groups is 1. The Morgan fingerprint density at radius 1 is 1.06 bits per heavy atom. The molecule has 2 aromatic carbocycles. The molecule has 5 rings (SSSR count). The largest absolute Gasteiger partial charge is 0.467 e. The van der Waals surface area contributed by atoms with Gasteiger partial charge in [-0.25, -0.2) is 0 Å². The summed E-state index contributed by atoms with van der Waals surface area (Å²) in [5, 5.41) is 3.64. The molecule has 31 heavy (non-hydrogen) atoms. The first-order chi connectivity index (χ1) is 14.9. The number of fused-ring (bicyclic) bond motifs is 1. The Hall–Kier alpha value is -3.27. The van der Waals surface area contributed by atoms with Gasteiger partial charge < -0.3 is 14.6 Å². The fourth-order valence-electron chi connectivity index (χ4n) is 4.98. The molecule has 0 fully saturated rings. The number of rotatable bonds is 3. The van der Waals surface area contributed by atoms with Crippen LogP contribution in [-0.2, 0) is 11.3 Å². The number of Topliss-reactive ketones (excluding diaryl/α,β-unsaturated/α-hetero) is 1. The maximum absolute atomic E-state index is 13.5. The van der Waals surface area contributed by atoms with Crippen LogP contribution in [0.15, 0.2) is 82.6 Å². The number of carbonyl (C=O) groups excluding carboxylic acids is 1. The minimum atomic E-state index is -0.273. The summed E-state index contributed by atoms with van der Waals surface area (Å²) < 4.78 is 5.93. The average molecular weight is 413 g/mol. The molecule has 0 saturated heterocycles. The molecular formula is C27H28N2O2. The third kappa shape index (κ3) is 3.67. The van der Waals surface area contributed by atoms with E-state index in [1.807, 2.05) is 18.2 Å². The van der Waals surface area contributed by atoms with Crippen LogP contribution in [0.3, 0.4) is 0 Å². The first kappa shape index (κ1) is 19.7. The molecule has 0 radical (unpaired) electrons. The number of nitrogens with one attached hydrogen (secondary N) is 1. The van der Waals surface area contributed by atoms with E-state index in [9.17, 15) is 4.79 Å². The number of ketones is 1. The maximum atomic E-state index is 13.5. The van der Waals surface area contributed by atoms with Crippen molar-refractivity contribution in [2.75, 3.05) is 10.2 Å². The number of benzene rings is 2. The molecule has 1 aromatic heterocycles. The predicted octanol–water partition coefficient (Wildman–Crippen LogP) is 6.40. The summed E-state index contributed by atoms with van der Waals surface area (Å²) in [5.74, 6) is 0.994. The third-order valence-electron chi connectivity index (χ3n) is 6.25. The summed E-state index contributed by atoms with van der Waals surface area (Å²) in [6.07, 6.45) is 3.07. The van der Waals surface area contributed by atoms with Crippen LogP contribution < -0.4 is 10.2 Å². The van der Waals surface area contributed by atoms with Gasteiger partial charge in [0, 0.05) is 24.2 Å². The van der Waals surface area contributed by atoms with Crippen molar-refractivity contribution in [3.8, 4) is 0 Å². The van der Waals surface area contributed by atoms with Crippen LogP contribution in [0.25, 0.3) is 0 Å². The number of anilines is 2. The smallest absolute Gasteiger partial charge is 0.163 e. The molecule has 0 saturated carbocycles. The highest BCUT2D eigenvalue weighted by atomic mass is 16.3. The van der Waals surface area contributed by atoms with Crippen LogP contribution in [0.1, 0.15) is 49.6 Å². The molecule has 158 valence electrons. The van der Waals surface area contributed by atoms with Crippen LogP contribution in [0, 0.1) is 12.3 Å². The minimum Gasteiger partial charge on any atom is -0.467 e. The molecule has 1 aliphatic carbocycles. The number of aryl methyl sites for hydroxylation is 1. The van der Waals surface area contributed by atoms with Gasteiger partial charge in [-0.05, 0) is 48.6 Å². The number of nitrogens with zero attached hydrogens (tertiary/aromatic N) is 1. The fraction of sp³-hybridized carbons (Fsp3) is 0.296. The Kier molecular flexibility index (Phi) is 4.73. The lowest BCUT2D eigenvalue weighted by molar-refractivity contribution is -0.118. The SMILES string of the molecule is Cc1cccc(CN2c3ccccc3NC3=C(C(=O)CC(C)(C)C3)[C@H]2c2ccco2)c1. The van der Waals surface area contributed by atoms with Crippen molar-refractivity contribution in [3.05, 3.63) is 95.1 Å². The second kappa shape index (κ2) is 7.45. The molecule has 1 aliphatic heterocycles. The van der Waals surface area contributed by atoms with Gasteiger partial charge in [-0.3, -0.25) is 4.79 Å². The van der Waals surface area contributed by atoms with Crippen molar-refractivity contribution in [2.24, 2.45) is 5.41 Å². The number of hydrogen-bond acceptors (Lipinski definition) is 4. The third-order valence-corrected chi connectivity index (χ3v) is 6.25. The number of hydrogen-bond donors (Lipinski definition) is 1. The molecule has 2 aliphatic rings. The highest BCUT2D eigenvalue weighted by Gasteiger charge is 2.42. The highest BCUT2D eigenvalue weighted by Crippen LogP contribution is 2.48. The fourth-order valence-corrected chi connectivity index (χ4v) is 4.98. The second-order valence-electron chi connectivity index (χ2n) is 9.51. The lowest BCUT2D eigenvalue weighted by atomic mass is 9.74. The molecular weight excluding hydrogens is 384 g/mol. The molecule has 0 amide bonds. The van der Waals surface area contributed by atoms with Crippen molar-refractivity contribution in [1.29, 1.82) is 0 Å². The van der Waals surface area contributed by atoms with Crippen LogP contribution in [-0.4, -0.2) is 5.78 Å². The Balaban J connectivity index is 1.72. The monoisotopic (exact) mass is 412 g/mol. The lowest BCUT2D eigenvalue weighted by Crippen LogP contribution is -2.35.